The van der Waals surface area contributed by atoms with Gasteiger partial charge >= 0.3 is 6.03 Å². The van der Waals surface area contributed by atoms with Crippen molar-refractivity contribution in [2.24, 2.45) is 0 Å². The number of rotatable bonds is 7. The number of hydrogen-bond donors (Lipinski definition) is 3. The van der Waals surface area contributed by atoms with Crippen LogP contribution in [0.5, 0.6) is 5.75 Å². The lowest BCUT2D eigenvalue weighted by Gasteiger charge is -2.31. The fourth-order valence-corrected chi connectivity index (χ4v) is 6.19. The number of urea groups is 1. The highest BCUT2D eigenvalue weighted by Crippen LogP contribution is 2.46. The Hall–Kier alpha value is -3.92. The van der Waals surface area contributed by atoms with Gasteiger partial charge in [0.15, 0.2) is 0 Å². The third kappa shape index (κ3) is 4.96. The topological polar surface area (TPSA) is 113 Å². The number of carbonyl (C=O) groups is 3. The normalized spacial score (nSPS) is 18.7. The van der Waals surface area contributed by atoms with Gasteiger partial charge in [-0.05, 0) is 82.4 Å². The molecule has 38 heavy (non-hydrogen) atoms. The zero-order valence-electron chi connectivity index (χ0n) is 21.7. The summed E-state index contributed by atoms with van der Waals surface area (Å²) >= 11 is 1.26. The van der Waals surface area contributed by atoms with E-state index in [9.17, 15) is 14.4 Å². The number of benzene rings is 1. The highest BCUT2D eigenvalue weighted by molar-refractivity contribution is 7.21. The van der Waals surface area contributed by atoms with Gasteiger partial charge in [0.1, 0.15) is 15.5 Å². The van der Waals surface area contributed by atoms with Crippen LogP contribution in [0.25, 0.3) is 10.2 Å². The minimum atomic E-state index is -0.344. The SMILES string of the molecule is C=CC(=O)N[C@H]1CCC[C@H](NC(=O)c2sc3nccc4c3c2NC(=O)N4c2ccc(OC(C)C)cc2C)C1. The van der Waals surface area contributed by atoms with E-state index in [1.165, 1.54) is 17.4 Å². The number of anilines is 3. The zero-order chi connectivity index (χ0) is 27.0. The highest BCUT2D eigenvalue weighted by atomic mass is 32.1. The van der Waals surface area contributed by atoms with Gasteiger partial charge in [0.25, 0.3) is 5.91 Å². The van der Waals surface area contributed by atoms with Crippen LogP contribution in [-0.4, -0.2) is 41.0 Å². The van der Waals surface area contributed by atoms with Crippen molar-refractivity contribution in [1.82, 2.24) is 15.6 Å². The molecule has 9 nitrogen and oxygen atoms in total. The third-order valence-corrected chi connectivity index (χ3v) is 7.87. The Morgan fingerprint density at radius 2 is 1.97 bits per heavy atom. The Labute approximate surface area is 225 Å². The van der Waals surface area contributed by atoms with Gasteiger partial charge in [0.2, 0.25) is 5.91 Å². The maximum Gasteiger partial charge on any atom is 0.331 e. The van der Waals surface area contributed by atoms with Crippen molar-refractivity contribution >= 4 is 56.5 Å². The summed E-state index contributed by atoms with van der Waals surface area (Å²) < 4.78 is 5.80. The number of aryl methyl sites for hydroxylation is 1. The van der Waals surface area contributed by atoms with Gasteiger partial charge in [-0.15, -0.1) is 11.3 Å². The van der Waals surface area contributed by atoms with Gasteiger partial charge in [-0.25, -0.2) is 9.78 Å². The van der Waals surface area contributed by atoms with Crippen molar-refractivity contribution in [3.63, 3.8) is 0 Å². The average molecular weight is 534 g/mol. The van der Waals surface area contributed by atoms with Crippen LogP contribution >= 0.6 is 11.3 Å². The number of thiophene rings is 1. The lowest BCUT2D eigenvalue weighted by molar-refractivity contribution is -0.117. The lowest BCUT2D eigenvalue weighted by atomic mass is 9.91. The van der Waals surface area contributed by atoms with Gasteiger partial charge in [-0.3, -0.25) is 14.5 Å². The average Bonchev–Trinajstić information content (AvgIpc) is 3.24. The summed E-state index contributed by atoms with van der Waals surface area (Å²) in [6, 6.07) is 6.99. The summed E-state index contributed by atoms with van der Waals surface area (Å²) in [5.41, 5.74) is 2.77. The van der Waals surface area contributed by atoms with Gasteiger partial charge in [0.05, 0.1) is 28.6 Å². The first-order valence-corrected chi connectivity index (χ1v) is 13.6. The molecule has 1 aromatic carbocycles. The Balaban J connectivity index is 1.43. The molecule has 3 heterocycles. The number of amides is 4. The maximum atomic E-state index is 13.4. The van der Waals surface area contributed by atoms with Crippen molar-refractivity contribution in [2.75, 3.05) is 10.2 Å². The first-order valence-electron chi connectivity index (χ1n) is 12.8. The van der Waals surface area contributed by atoms with Crippen molar-refractivity contribution in [2.45, 2.75) is 64.6 Å². The summed E-state index contributed by atoms with van der Waals surface area (Å²) in [5.74, 6) is 0.275. The van der Waals surface area contributed by atoms with E-state index in [-0.39, 0.29) is 36.0 Å². The molecule has 1 fully saturated rings. The second kappa shape index (κ2) is 10.4. The standard InChI is InChI=1S/C28H31N5O4S/c1-5-22(34)30-17-7-6-8-18(14-17)31-26(35)25-24-23-21(11-12-29-27(23)38-25)33(28(36)32-24)20-10-9-19(13-16(20)4)37-15(2)3/h5,9-13,15,17-18H,1,6-8,14H2,2-4H3,(H,30,34)(H,31,35)(H,32,36)/t17-,18-/m0/s1. The van der Waals surface area contributed by atoms with Crippen LogP contribution in [0.1, 0.15) is 54.8 Å². The molecule has 1 aliphatic carbocycles. The van der Waals surface area contributed by atoms with E-state index in [0.717, 1.165) is 41.6 Å². The van der Waals surface area contributed by atoms with Crippen LogP contribution in [0, 0.1) is 6.92 Å². The second-order valence-corrected chi connectivity index (χ2v) is 10.9. The minimum Gasteiger partial charge on any atom is -0.491 e. The first-order chi connectivity index (χ1) is 18.2. The number of ether oxygens (including phenoxy) is 1. The third-order valence-electron chi connectivity index (χ3n) is 6.77. The molecular formula is C28H31N5O4S. The van der Waals surface area contributed by atoms with Gasteiger partial charge in [-0.1, -0.05) is 6.58 Å². The largest absolute Gasteiger partial charge is 0.491 e. The number of aromatic nitrogens is 1. The molecule has 4 amide bonds. The molecule has 0 unspecified atom stereocenters. The second-order valence-electron chi connectivity index (χ2n) is 9.94. The summed E-state index contributed by atoms with van der Waals surface area (Å²) in [6.07, 6.45) is 6.19. The van der Waals surface area contributed by atoms with Crippen molar-refractivity contribution < 1.29 is 19.1 Å². The van der Waals surface area contributed by atoms with Gasteiger partial charge in [0, 0.05) is 18.3 Å². The smallest absolute Gasteiger partial charge is 0.331 e. The van der Waals surface area contributed by atoms with Crippen LogP contribution in [0.3, 0.4) is 0 Å². The summed E-state index contributed by atoms with van der Waals surface area (Å²) in [5, 5.41) is 9.73. The summed E-state index contributed by atoms with van der Waals surface area (Å²) in [7, 11) is 0. The van der Waals surface area contributed by atoms with Crippen LogP contribution in [0.4, 0.5) is 21.9 Å². The fourth-order valence-electron chi connectivity index (χ4n) is 5.17. The van der Waals surface area contributed by atoms with Crippen LogP contribution in [-0.2, 0) is 4.79 Å². The molecule has 0 saturated heterocycles. The van der Waals surface area contributed by atoms with Gasteiger partial charge in [-0.2, -0.15) is 0 Å². The maximum absolute atomic E-state index is 13.4. The molecule has 2 aliphatic rings. The molecule has 198 valence electrons. The molecule has 5 rings (SSSR count). The quantitative estimate of drug-likeness (QED) is 0.351. The lowest BCUT2D eigenvalue weighted by Crippen LogP contribution is -2.45. The molecule has 0 radical (unpaired) electrons. The van der Waals surface area contributed by atoms with E-state index in [1.54, 1.807) is 17.2 Å². The molecule has 10 heteroatoms. The molecule has 1 aliphatic heterocycles. The molecule has 3 aromatic rings. The molecule has 3 N–H and O–H groups in total. The Bertz CT molecular complexity index is 1430. The first kappa shape index (κ1) is 25.7. The minimum absolute atomic E-state index is 0.0117. The molecule has 0 bridgehead atoms. The van der Waals surface area contributed by atoms with Gasteiger partial charge < -0.3 is 20.7 Å². The van der Waals surface area contributed by atoms with E-state index >= 15 is 0 Å². The predicted molar refractivity (Wildman–Crippen MR) is 150 cm³/mol. The monoisotopic (exact) mass is 533 g/mol. The fraction of sp³-hybridized carbons (Fsp3) is 0.357. The summed E-state index contributed by atoms with van der Waals surface area (Å²) in [6.45, 7) is 9.37. The number of hydrogen-bond acceptors (Lipinski definition) is 6. The molecule has 2 aromatic heterocycles. The Morgan fingerprint density at radius 1 is 1.21 bits per heavy atom. The van der Waals surface area contributed by atoms with E-state index in [1.807, 2.05) is 39.0 Å². The molecule has 2 atom stereocenters. The number of nitrogens with zero attached hydrogens (tertiary/aromatic N) is 2. The van der Waals surface area contributed by atoms with Crippen LogP contribution in [0.2, 0.25) is 0 Å². The number of nitrogens with one attached hydrogen (secondary N) is 3. The van der Waals surface area contributed by atoms with Crippen molar-refractivity contribution in [3.8, 4) is 5.75 Å². The Kier molecular flexibility index (Phi) is 7.07. The predicted octanol–water partition coefficient (Wildman–Crippen LogP) is 5.42. The Morgan fingerprint density at radius 3 is 2.68 bits per heavy atom. The molecular weight excluding hydrogens is 502 g/mol. The summed E-state index contributed by atoms with van der Waals surface area (Å²) in [4.78, 5) is 45.8. The van der Waals surface area contributed by atoms with E-state index in [4.69, 9.17) is 4.74 Å². The molecule has 0 spiro atoms. The van der Waals surface area contributed by atoms with E-state index in [2.05, 4.69) is 27.5 Å². The molecule has 1 saturated carbocycles. The van der Waals surface area contributed by atoms with E-state index in [0.29, 0.717) is 27.5 Å². The van der Waals surface area contributed by atoms with E-state index < -0.39 is 0 Å². The van der Waals surface area contributed by atoms with Crippen molar-refractivity contribution in [1.29, 1.82) is 0 Å². The van der Waals surface area contributed by atoms with Crippen molar-refractivity contribution in [3.05, 3.63) is 53.6 Å². The number of carbonyl (C=O) groups excluding carboxylic acids is 3. The van der Waals surface area contributed by atoms with Crippen LogP contribution < -0.4 is 25.6 Å². The zero-order valence-corrected chi connectivity index (χ0v) is 22.5. The number of pyridine rings is 1. The van der Waals surface area contributed by atoms with Crippen LogP contribution in [0.15, 0.2) is 43.1 Å². The highest BCUT2D eigenvalue weighted by Gasteiger charge is 2.34.